The number of halogens is 1. The minimum Gasteiger partial charge on any atom is -0.355 e. The number of nitrogens with zero attached hydrogens (tertiary/aromatic N) is 2. The van der Waals surface area contributed by atoms with Crippen LogP contribution in [-0.2, 0) is 10.2 Å². The molecule has 2 N–H and O–H groups in total. The second-order valence-electron chi connectivity index (χ2n) is 8.64. The molecule has 1 aromatic rings. The van der Waals surface area contributed by atoms with Gasteiger partial charge >= 0.3 is 0 Å². The quantitative estimate of drug-likeness (QED) is 0.336. The van der Waals surface area contributed by atoms with E-state index in [4.69, 9.17) is 0 Å². The summed E-state index contributed by atoms with van der Waals surface area (Å²) >= 11 is 1.89. The van der Waals surface area contributed by atoms with E-state index in [0.29, 0.717) is 6.04 Å². The highest BCUT2D eigenvalue weighted by Crippen LogP contribution is 2.41. The highest BCUT2D eigenvalue weighted by molar-refractivity contribution is 14.0. The Kier molecular flexibility index (Phi) is 9.72. The third kappa shape index (κ3) is 6.32. The number of aliphatic imine (C=N–C) groups is 1. The van der Waals surface area contributed by atoms with E-state index in [-0.39, 0.29) is 41.2 Å². The molecule has 5 nitrogen and oxygen atoms in total. The Morgan fingerprint density at radius 2 is 1.97 bits per heavy atom. The van der Waals surface area contributed by atoms with Crippen LogP contribution in [-0.4, -0.2) is 49.5 Å². The van der Waals surface area contributed by atoms with Gasteiger partial charge in [-0.05, 0) is 37.1 Å². The molecule has 0 aromatic carbocycles. The van der Waals surface area contributed by atoms with Crippen molar-refractivity contribution in [2.75, 3.05) is 26.7 Å². The molecule has 3 rings (SSSR count). The molecule has 1 aliphatic heterocycles. The Balaban J connectivity index is 0.00000300. The number of nitrogens with one attached hydrogen (secondary N) is 2. The molecule has 164 valence electrons. The first-order valence-corrected chi connectivity index (χ1v) is 11.7. The molecule has 1 amide bonds. The summed E-state index contributed by atoms with van der Waals surface area (Å²) in [6.45, 7) is 6.58. The van der Waals surface area contributed by atoms with E-state index in [0.717, 1.165) is 38.4 Å². The van der Waals surface area contributed by atoms with Crippen LogP contribution in [0.3, 0.4) is 0 Å². The van der Waals surface area contributed by atoms with Gasteiger partial charge in [0.1, 0.15) is 0 Å². The number of carbonyl (C=O) groups excluding carboxylic acids is 1. The molecule has 1 aliphatic carbocycles. The second kappa shape index (κ2) is 11.5. The maximum absolute atomic E-state index is 12.2. The van der Waals surface area contributed by atoms with Crippen molar-refractivity contribution >= 4 is 47.2 Å². The monoisotopic (exact) mass is 532 g/mol. The van der Waals surface area contributed by atoms with Crippen molar-refractivity contribution in [3.63, 3.8) is 0 Å². The predicted molar refractivity (Wildman–Crippen MR) is 133 cm³/mol. The van der Waals surface area contributed by atoms with Gasteiger partial charge in [-0.25, -0.2) is 0 Å². The minimum absolute atomic E-state index is 0. The van der Waals surface area contributed by atoms with Crippen molar-refractivity contribution in [3.8, 4) is 0 Å². The zero-order chi connectivity index (χ0) is 20.0. The third-order valence-corrected chi connectivity index (χ3v) is 7.43. The fourth-order valence-corrected chi connectivity index (χ4v) is 5.56. The van der Waals surface area contributed by atoms with Gasteiger partial charge in [-0.2, -0.15) is 0 Å². The van der Waals surface area contributed by atoms with Crippen molar-refractivity contribution in [2.24, 2.45) is 10.9 Å². The first-order chi connectivity index (χ1) is 13.5. The lowest BCUT2D eigenvalue weighted by atomic mass is 9.73. The van der Waals surface area contributed by atoms with Crippen LogP contribution in [0.1, 0.15) is 63.7 Å². The summed E-state index contributed by atoms with van der Waals surface area (Å²) in [4.78, 5) is 20.2. The number of hydrogen-bond acceptors (Lipinski definition) is 3. The first kappa shape index (κ1) is 24.4. The van der Waals surface area contributed by atoms with Crippen LogP contribution >= 0.6 is 35.3 Å². The van der Waals surface area contributed by atoms with Crippen molar-refractivity contribution in [1.29, 1.82) is 0 Å². The van der Waals surface area contributed by atoms with Crippen molar-refractivity contribution in [3.05, 3.63) is 22.4 Å². The van der Waals surface area contributed by atoms with E-state index >= 15 is 0 Å². The molecule has 7 heteroatoms. The van der Waals surface area contributed by atoms with Gasteiger partial charge in [0, 0.05) is 48.9 Å². The largest absolute Gasteiger partial charge is 0.355 e. The number of piperidine rings is 1. The SMILES string of the molecule is CN=C(NCC1(c2cccs2)CCCCC1)NC1CCN(C(=O)C(C)C)CC1.I. The normalized spacial score (nSPS) is 20.3. The Bertz CT molecular complexity index is 648. The number of guanidine groups is 1. The number of carbonyl (C=O) groups is 1. The van der Waals surface area contributed by atoms with Gasteiger partial charge in [0.2, 0.25) is 5.91 Å². The number of rotatable bonds is 5. The summed E-state index contributed by atoms with van der Waals surface area (Å²) in [5, 5.41) is 9.43. The lowest BCUT2D eigenvalue weighted by Crippen LogP contribution is -2.52. The molecule has 0 bridgehead atoms. The lowest BCUT2D eigenvalue weighted by Gasteiger charge is -2.38. The summed E-state index contributed by atoms with van der Waals surface area (Å²) in [5.41, 5.74) is 0.247. The van der Waals surface area contributed by atoms with Crippen LogP contribution in [0, 0.1) is 5.92 Å². The van der Waals surface area contributed by atoms with Crippen LogP contribution in [0.5, 0.6) is 0 Å². The molecule has 2 heterocycles. The Morgan fingerprint density at radius 3 is 2.52 bits per heavy atom. The fraction of sp³-hybridized carbons (Fsp3) is 0.727. The molecule has 1 saturated carbocycles. The Morgan fingerprint density at radius 1 is 1.28 bits per heavy atom. The van der Waals surface area contributed by atoms with Gasteiger partial charge in [-0.15, -0.1) is 35.3 Å². The van der Waals surface area contributed by atoms with Crippen LogP contribution in [0.15, 0.2) is 22.5 Å². The molecule has 2 fully saturated rings. The molecule has 0 atom stereocenters. The van der Waals surface area contributed by atoms with Crippen molar-refractivity contribution in [1.82, 2.24) is 15.5 Å². The molecule has 0 spiro atoms. The lowest BCUT2D eigenvalue weighted by molar-refractivity contribution is -0.135. The molecule has 29 heavy (non-hydrogen) atoms. The average molecular weight is 533 g/mol. The topological polar surface area (TPSA) is 56.7 Å². The maximum Gasteiger partial charge on any atom is 0.225 e. The van der Waals surface area contributed by atoms with Crippen LogP contribution in [0.25, 0.3) is 0 Å². The van der Waals surface area contributed by atoms with Gasteiger partial charge in [0.05, 0.1) is 0 Å². The molecule has 2 aliphatic rings. The van der Waals surface area contributed by atoms with Gasteiger partial charge in [-0.1, -0.05) is 39.2 Å². The van der Waals surface area contributed by atoms with Gasteiger partial charge < -0.3 is 15.5 Å². The average Bonchev–Trinajstić information content (AvgIpc) is 3.27. The standard InChI is InChI=1S/C22H36N4OS.HI/c1-17(2)20(27)26-13-9-18(10-14-26)25-21(23-3)24-16-22(11-5-4-6-12-22)19-8-7-15-28-19;/h7-8,15,17-18H,4-6,9-14,16H2,1-3H3,(H2,23,24,25);1H. The Labute approximate surface area is 197 Å². The Hall–Kier alpha value is -0.830. The summed E-state index contributed by atoms with van der Waals surface area (Å²) in [6, 6.07) is 4.86. The van der Waals surface area contributed by atoms with E-state index in [9.17, 15) is 4.79 Å². The number of hydrogen-bond donors (Lipinski definition) is 2. The van der Waals surface area contributed by atoms with Crippen LogP contribution < -0.4 is 10.6 Å². The highest BCUT2D eigenvalue weighted by Gasteiger charge is 2.35. The van der Waals surface area contributed by atoms with Crippen LogP contribution in [0.2, 0.25) is 0 Å². The van der Waals surface area contributed by atoms with Crippen LogP contribution in [0.4, 0.5) is 0 Å². The van der Waals surface area contributed by atoms with Crippen molar-refractivity contribution < 1.29 is 4.79 Å². The predicted octanol–water partition coefficient (Wildman–Crippen LogP) is 4.38. The van der Waals surface area contributed by atoms with Gasteiger partial charge in [0.25, 0.3) is 0 Å². The van der Waals surface area contributed by atoms with E-state index in [1.54, 1.807) is 0 Å². The molecular formula is C22H37IN4OS. The first-order valence-electron chi connectivity index (χ1n) is 10.8. The zero-order valence-electron chi connectivity index (χ0n) is 18.1. The van der Waals surface area contributed by atoms with Crippen molar-refractivity contribution in [2.45, 2.75) is 70.3 Å². The smallest absolute Gasteiger partial charge is 0.225 e. The number of thiophene rings is 1. The fourth-order valence-electron chi connectivity index (χ4n) is 4.57. The second-order valence-corrected chi connectivity index (χ2v) is 9.59. The number of amides is 1. The molecule has 1 aromatic heterocycles. The van der Waals surface area contributed by atoms with E-state index in [1.807, 2.05) is 37.1 Å². The summed E-state index contributed by atoms with van der Waals surface area (Å²) in [7, 11) is 1.85. The van der Waals surface area contributed by atoms with E-state index in [1.165, 1.54) is 37.0 Å². The molecule has 1 saturated heterocycles. The van der Waals surface area contributed by atoms with Gasteiger partial charge in [-0.3, -0.25) is 9.79 Å². The minimum atomic E-state index is 0. The molecule has 0 radical (unpaired) electrons. The van der Waals surface area contributed by atoms with E-state index < -0.39 is 0 Å². The summed E-state index contributed by atoms with van der Waals surface area (Å²) < 4.78 is 0. The molecule has 0 unspecified atom stereocenters. The summed E-state index contributed by atoms with van der Waals surface area (Å²) in [5.74, 6) is 1.26. The van der Waals surface area contributed by atoms with Gasteiger partial charge in [0.15, 0.2) is 5.96 Å². The zero-order valence-corrected chi connectivity index (χ0v) is 21.2. The third-order valence-electron chi connectivity index (χ3n) is 6.31. The number of likely N-dealkylation sites (tertiary alicyclic amines) is 1. The summed E-state index contributed by atoms with van der Waals surface area (Å²) in [6.07, 6.45) is 8.46. The molecular weight excluding hydrogens is 495 g/mol. The van der Waals surface area contributed by atoms with E-state index in [2.05, 4.69) is 33.1 Å². The maximum atomic E-state index is 12.2. The highest BCUT2D eigenvalue weighted by atomic mass is 127.